The first-order valence-corrected chi connectivity index (χ1v) is 6.52. The molecule has 1 N–H and O–H groups in total. The SMILES string of the molecule is CC(CNCCc1ccsc1)C1CC1. The van der Waals surface area contributed by atoms with Gasteiger partial charge in [-0.2, -0.15) is 11.3 Å². The number of hydrogen-bond acceptors (Lipinski definition) is 2. The lowest BCUT2D eigenvalue weighted by molar-refractivity contribution is 0.464. The zero-order chi connectivity index (χ0) is 9.80. The zero-order valence-electron chi connectivity index (χ0n) is 8.83. The summed E-state index contributed by atoms with van der Waals surface area (Å²) in [6.45, 7) is 4.71. The first-order valence-electron chi connectivity index (χ1n) is 5.58. The van der Waals surface area contributed by atoms with Gasteiger partial charge in [0.1, 0.15) is 0 Å². The molecular formula is C12H19NS. The van der Waals surface area contributed by atoms with Crippen molar-refractivity contribution >= 4 is 11.3 Å². The highest BCUT2D eigenvalue weighted by atomic mass is 32.1. The van der Waals surface area contributed by atoms with Gasteiger partial charge in [0.2, 0.25) is 0 Å². The van der Waals surface area contributed by atoms with Crippen LogP contribution in [0.2, 0.25) is 0 Å². The molecule has 1 nitrogen and oxygen atoms in total. The Morgan fingerprint density at radius 2 is 2.43 bits per heavy atom. The molecule has 1 aliphatic carbocycles. The Bertz CT molecular complexity index is 251. The van der Waals surface area contributed by atoms with Gasteiger partial charge in [-0.05, 0) is 66.6 Å². The molecule has 1 heterocycles. The van der Waals surface area contributed by atoms with E-state index in [0.717, 1.165) is 18.4 Å². The van der Waals surface area contributed by atoms with Gasteiger partial charge in [-0.25, -0.2) is 0 Å². The Hall–Kier alpha value is -0.340. The Balaban J connectivity index is 1.54. The molecule has 0 saturated heterocycles. The first kappa shape index (κ1) is 10.2. The molecule has 1 unspecified atom stereocenters. The predicted octanol–water partition coefficient (Wildman–Crippen LogP) is 2.93. The van der Waals surface area contributed by atoms with Crippen LogP contribution in [-0.4, -0.2) is 13.1 Å². The van der Waals surface area contributed by atoms with Crippen LogP contribution >= 0.6 is 11.3 Å². The van der Waals surface area contributed by atoms with Gasteiger partial charge < -0.3 is 5.32 Å². The molecule has 0 spiro atoms. The van der Waals surface area contributed by atoms with E-state index in [0.29, 0.717) is 0 Å². The highest BCUT2D eigenvalue weighted by molar-refractivity contribution is 7.07. The van der Waals surface area contributed by atoms with Crippen LogP contribution in [0.3, 0.4) is 0 Å². The van der Waals surface area contributed by atoms with Crippen molar-refractivity contribution in [1.82, 2.24) is 5.32 Å². The summed E-state index contributed by atoms with van der Waals surface area (Å²) >= 11 is 1.79. The van der Waals surface area contributed by atoms with Gasteiger partial charge in [0.25, 0.3) is 0 Å². The Labute approximate surface area is 90.5 Å². The van der Waals surface area contributed by atoms with Crippen LogP contribution in [0.15, 0.2) is 16.8 Å². The van der Waals surface area contributed by atoms with Gasteiger partial charge >= 0.3 is 0 Å². The lowest BCUT2D eigenvalue weighted by atomic mass is 10.1. The second-order valence-corrected chi connectivity index (χ2v) is 5.18. The number of hydrogen-bond donors (Lipinski definition) is 1. The molecule has 78 valence electrons. The molecule has 14 heavy (non-hydrogen) atoms. The third-order valence-electron chi connectivity index (χ3n) is 3.06. The molecule has 0 bridgehead atoms. The van der Waals surface area contributed by atoms with E-state index in [4.69, 9.17) is 0 Å². The number of rotatable bonds is 6. The molecule has 0 aliphatic heterocycles. The van der Waals surface area contributed by atoms with Crippen molar-refractivity contribution in [1.29, 1.82) is 0 Å². The number of nitrogens with one attached hydrogen (secondary N) is 1. The summed E-state index contributed by atoms with van der Waals surface area (Å²) < 4.78 is 0. The molecule has 1 fully saturated rings. The smallest absolute Gasteiger partial charge is 0.000794 e. The van der Waals surface area contributed by atoms with Gasteiger partial charge in [0.05, 0.1) is 0 Å². The summed E-state index contributed by atoms with van der Waals surface area (Å²) in [6.07, 6.45) is 4.11. The molecule has 2 heteroatoms. The molecule has 0 amide bonds. The van der Waals surface area contributed by atoms with E-state index in [1.54, 1.807) is 11.3 Å². The summed E-state index contributed by atoms with van der Waals surface area (Å²) in [5.74, 6) is 1.92. The van der Waals surface area contributed by atoms with Crippen LogP contribution in [0.25, 0.3) is 0 Å². The van der Waals surface area contributed by atoms with Crippen LogP contribution in [0.5, 0.6) is 0 Å². The van der Waals surface area contributed by atoms with Gasteiger partial charge in [-0.1, -0.05) is 6.92 Å². The molecule has 1 atom stereocenters. The average molecular weight is 209 g/mol. The molecule has 2 rings (SSSR count). The fourth-order valence-corrected chi connectivity index (χ4v) is 2.53. The van der Waals surface area contributed by atoms with Crippen molar-refractivity contribution in [2.75, 3.05) is 13.1 Å². The summed E-state index contributed by atoms with van der Waals surface area (Å²) in [6, 6.07) is 2.22. The third kappa shape index (κ3) is 3.10. The summed E-state index contributed by atoms with van der Waals surface area (Å²) in [5, 5.41) is 7.95. The van der Waals surface area contributed by atoms with Crippen molar-refractivity contribution in [3.63, 3.8) is 0 Å². The van der Waals surface area contributed by atoms with Crippen LogP contribution in [-0.2, 0) is 6.42 Å². The van der Waals surface area contributed by atoms with Gasteiger partial charge in [-0.3, -0.25) is 0 Å². The molecule has 1 aliphatic rings. The Morgan fingerprint density at radius 3 is 3.07 bits per heavy atom. The monoisotopic (exact) mass is 209 g/mol. The lowest BCUT2D eigenvalue weighted by Crippen LogP contribution is -2.24. The predicted molar refractivity (Wildman–Crippen MR) is 62.8 cm³/mol. The molecule has 0 radical (unpaired) electrons. The highest BCUT2D eigenvalue weighted by Gasteiger charge is 2.27. The lowest BCUT2D eigenvalue weighted by Gasteiger charge is -2.10. The second kappa shape index (κ2) is 4.94. The van der Waals surface area contributed by atoms with Crippen molar-refractivity contribution in [3.05, 3.63) is 22.4 Å². The quantitative estimate of drug-likeness (QED) is 0.710. The second-order valence-electron chi connectivity index (χ2n) is 4.40. The fourth-order valence-electron chi connectivity index (χ4n) is 1.83. The normalized spacial score (nSPS) is 18.4. The average Bonchev–Trinajstić information content (AvgIpc) is 2.92. The summed E-state index contributed by atoms with van der Waals surface area (Å²) in [7, 11) is 0. The standard InChI is InChI=1S/C12H19NS/c1-10(12-2-3-12)8-13-6-4-11-5-7-14-9-11/h5,7,9-10,12-13H,2-4,6,8H2,1H3. The minimum absolute atomic E-state index is 0.887. The zero-order valence-corrected chi connectivity index (χ0v) is 9.65. The molecule has 1 saturated carbocycles. The van der Waals surface area contributed by atoms with E-state index in [1.165, 1.54) is 31.4 Å². The van der Waals surface area contributed by atoms with E-state index < -0.39 is 0 Å². The van der Waals surface area contributed by atoms with E-state index in [1.807, 2.05) is 0 Å². The Kier molecular flexibility index (Phi) is 3.60. The maximum absolute atomic E-state index is 3.55. The van der Waals surface area contributed by atoms with Gasteiger partial charge in [-0.15, -0.1) is 0 Å². The van der Waals surface area contributed by atoms with E-state index in [2.05, 4.69) is 29.1 Å². The molecule has 0 aromatic carbocycles. The largest absolute Gasteiger partial charge is 0.316 e. The molecule has 1 aromatic heterocycles. The van der Waals surface area contributed by atoms with Crippen LogP contribution in [0.1, 0.15) is 25.3 Å². The molecule has 1 aromatic rings. The summed E-state index contributed by atoms with van der Waals surface area (Å²) in [4.78, 5) is 0. The maximum atomic E-state index is 3.55. The minimum Gasteiger partial charge on any atom is -0.316 e. The van der Waals surface area contributed by atoms with E-state index in [-0.39, 0.29) is 0 Å². The fraction of sp³-hybridized carbons (Fsp3) is 0.667. The first-order chi connectivity index (χ1) is 6.86. The third-order valence-corrected chi connectivity index (χ3v) is 3.80. The highest BCUT2D eigenvalue weighted by Crippen LogP contribution is 2.35. The topological polar surface area (TPSA) is 12.0 Å². The van der Waals surface area contributed by atoms with Gasteiger partial charge in [0.15, 0.2) is 0 Å². The van der Waals surface area contributed by atoms with E-state index in [9.17, 15) is 0 Å². The van der Waals surface area contributed by atoms with Gasteiger partial charge in [0, 0.05) is 0 Å². The van der Waals surface area contributed by atoms with Crippen LogP contribution in [0, 0.1) is 11.8 Å². The van der Waals surface area contributed by atoms with Crippen LogP contribution in [0.4, 0.5) is 0 Å². The number of thiophene rings is 1. The minimum atomic E-state index is 0.887. The Morgan fingerprint density at radius 1 is 1.57 bits per heavy atom. The van der Waals surface area contributed by atoms with Crippen molar-refractivity contribution in [2.24, 2.45) is 11.8 Å². The summed E-state index contributed by atoms with van der Waals surface area (Å²) in [5.41, 5.74) is 1.47. The van der Waals surface area contributed by atoms with E-state index >= 15 is 0 Å². The van der Waals surface area contributed by atoms with Crippen molar-refractivity contribution < 1.29 is 0 Å². The maximum Gasteiger partial charge on any atom is -0.000794 e. The van der Waals surface area contributed by atoms with Crippen molar-refractivity contribution in [3.8, 4) is 0 Å². The van der Waals surface area contributed by atoms with Crippen molar-refractivity contribution in [2.45, 2.75) is 26.2 Å². The molecular weight excluding hydrogens is 190 g/mol. The van der Waals surface area contributed by atoms with Crippen LogP contribution < -0.4 is 5.32 Å².